The lowest BCUT2D eigenvalue weighted by Crippen LogP contribution is -2.31. The van der Waals surface area contributed by atoms with Crippen LogP contribution in [0.4, 0.5) is 0 Å². The van der Waals surface area contributed by atoms with Gasteiger partial charge in [0.2, 0.25) is 0 Å². The van der Waals surface area contributed by atoms with Crippen LogP contribution in [0.1, 0.15) is 22.1 Å². The van der Waals surface area contributed by atoms with Crippen molar-refractivity contribution >= 4 is 16.8 Å². The van der Waals surface area contributed by atoms with Gasteiger partial charge in [0.15, 0.2) is 11.4 Å². The predicted molar refractivity (Wildman–Crippen MR) is 84.9 cm³/mol. The van der Waals surface area contributed by atoms with Crippen LogP contribution in [0, 0.1) is 0 Å². The number of aliphatic hydroxyl groups excluding tert-OH is 1. The van der Waals surface area contributed by atoms with E-state index >= 15 is 0 Å². The molecule has 0 radical (unpaired) electrons. The number of fused-ring (bicyclic) bond motifs is 1. The summed E-state index contributed by atoms with van der Waals surface area (Å²) in [6.07, 6.45) is 3.01. The summed E-state index contributed by atoms with van der Waals surface area (Å²) in [6, 6.07) is 12.0. The summed E-state index contributed by atoms with van der Waals surface area (Å²) in [4.78, 5) is 20.4. The Bertz CT molecular complexity index is 837. The summed E-state index contributed by atoms with van der Waals surface area (Å²) in [5.41, 5.74) is 0.959. The molecule has 1 atom stereocenters. The molecule has 0 aliphatic carbocycles. The molecule has 0 spiro atoms. The van der Waals surface area contributed by atoms with E-state index in [0.717, 1.165) is 5.56 Å². The van der Waals surface area contributed by atoms with E-state index < -0.39 is 11.9 Å². The van der Waals surface area contributed by atoms with E-state index in [1.165, 1.54) is 12.4 Å². The molecule has 1 aromatic carbocycles. The number of hydrogen-bond donors (Lipinski definition) is 3. The fourth-order valence-electron chi connectivity index (χ4n) is 2.34. The fourth-order valence-corrected chi connectivity index (χ4v) is 2.34. The topological polar surface area (TPSA) is 95.3 Å². The Morgan fingerprint density at radius 3 is 2.65 bits per heavy atom. The van der Waals surface area contributed by atoms with Crippen molar-refractivity contribution < 1.29 is 15.0 Å². The number of nitrogens with one attached hydrogen (secondary N) is 1. The maximum Gasteiger partial charge on any atom is 0.274 e. The molecule has 116 valence electrons. The first-order valence-electron chi connectivity index (χ1n) is 7.10. The van der Waals surface area contributed by atoms with E-state index in [1.54, 1.807) is 24.3 Å². The fraction of sp³-hybridized carbons (Fsp3) is 0.118. The Morgan fingerprint density at radius 2 is 1.91 bits per heavy atom. The molecule has 23 heavy (non-hydrogen) atoms. The third kappa shape index (κ3) is 2.97. The van der Waals surface area contributed by atoms with Crippen molar-refractivity contribution in [3.63, 3.8) is 0 Å². The van der Waals surface area contributed by atoms with Gasteiger partial charge in [0.05, 0.1) is 12.6 Å². The number of benzene rings is 1. The average Bonchev–Trinajstić information content (AvgIpc) is 2.60. The molecule has 6 heteroatoms. The van der Waals surface area contributed by atoms with Crippen molar-refractivity contribution in [3.05, 3.63) is 66.1 Å². The van der Waals surface area contributed by atoms with Crippen LogP contribution in [0.25, 0.3) is 10.9 Å². The van der Waals surface area contributed by atoms with Gasteiger partial charge in [0.25, 0.3) is 5.91 Å². The standard InChI is InChI=1S/C17H15N3O3/c21-10-13(11-5-2-1-3-6-11)20-17(23)15-16(22)14-12(9-19-15)7-4-8-18-14/h1-9,13,21-22H,10H2,(H,20,23). The lowest BCUT2D eigenvalue weighted by molar-refractivity contribution is 0.0908. The number of carbonyl (C=O) groups excluding carboxylic acids is 1. The van der Waals surface area contributed by atoms with Crippen molar-refractivity contribution in [2.24, 2.45) is 0 Å². The summed E-state index contributed by atoms with van der Waals surface area (Å²) in [7, 11) is 0. The number of nitrogens with zero attached hydrogens (tertiary/aromatic N) is 2. The van der Waals surface area contributed by atoms with Gasteiger partial charge in [-0.05, 0) is 17.7 Å². The summed E-state index contributed by atoms with van der Waals surface area (Å²) < 4.78 is 0. The molecule has 6 nitrogen and oxygen atoms in total. The summed E-state index contributed by atoms with van der Waals surface area (Å²) in [6.45, 7) is -0.262. The molecule has 2 heterocycles. The summed E-state index contributed by atoms with van der Waals surface area (Å²) in [5, 5.41) is 23.0. The minimum Gasteiger partial charge on any atom is -0.504 e. The average molecular weight is 309 g/mol. The second kappa shape index (κ2) is 6.41. The first kappa shape index (κ1) is 14.9. The zero-order valence-corrected chi connectivity index (χ0v) is 12.2. The third-order valence-corrected chi connectivity index (χ3v) is 3.53. The second-order valence-corrected chi connectivity index (χ2v) is 5.02. The minimum atomic E-state index is -0.579. The van der Waals surface area contributed by atoms with E-state index in [-0.39, 0.29) is 18.1 Å². The van der Waals surface area contributed by atoms with E-state index in [9.17, 15) is 15.0 Å². The van der Waals surface area contributed by atoms with Crippen molar-refractivity contribution in [1.29, 1.82) is 0 Å². The smallest absolute Gasteiger partial charge is 0.274 e. The van der Waals surface area contributed by atoms with Crippen LogP contribution in [0.3, 0.4) is 0 Å². The van der Waals surface area contributed by atoms with E-state index in [0.29, 0.717) is 10.9 Å². The highest BCUT2D eigenvalue weighted by atomic mass is 16.3. The SMILES string of the molecule is O=C(NC(CO)c1ccccc1)c1ncc2cccnc2c1O. The van der Waals surface area contributed by atoms with Crippen molar-refractivity contribution in [2.45, 2.75) is 6.04 Å². The molecule has 0 saturated heterocycles. The van der Waals surface area contributed by atoms with Gasteiger partial charge in [0.1, 0.15) is 5.52 Å². The number of carbonyl (C=O) groups is 1. The minimum absolute atomic E-state index is 0.120. The molecular formula is C17H15N3O3. The third-order valence-electron chi connectivity index (χ3n) is 3.53. The quantitative estimate of drug-likeness (QED) is 0.683. The number of aromatic nitrogens is 2. The molecule has 1 unspecified atom stereocenters. The van der Waals surface area contributed by atoms with Crippen LogP contribution in [0.2, 0.25) is 0 Å². The molecule has 0 fully saturated rings. The first-order valence-corrected chi connectivity index (χ1v) is 7.10. The number of pyridine rings is 2. The molecule has 1 amide bonds. The van der Waals surface area contributed by atoms with Crippen LogP contribution < -0.4 is 5.32 Å². The molecule has 0 aliphatic heterocycles. The van der Waals surface area contributed by atoms with Gasteiger partial charge in [-0.3, -0.25) is 9.78 Å². The van der Waals surface area contributed by atoms with Crippen molar-refractivity contribution in [3.8, 4) is 5.75 Å². The highest BCUT2D eigenvalue weighted by Crippen LogP contribution is 2.25. The van der Waals surface area contributed by atoms with E-state index in [2.05, 4.69) is 15.3 Å². The van der Waals surface area contributed by atoms with Gasteiger partial charge in [-0.1, -0.05) is 30.3 Å². The molecule has 0 aliphatic rings. The number of rotatable bonds is 4. The van der Waals surface area contributed by atoms with Gasteiger partial charge in [-0.25, -0.2) is 4.98 Å². The highest BCUT2D eigenvalue weighted by Gasteiger charge is 2.20. The zero-order valence-electron chi connectivity index (χ0n) is 12.2. The van der Waals surface area contributed by atoms with Gasteiger partial charge in [0, 0.05) is 17.8 Å². The lowest BCUT2D eigenvalue weighted by Gasteiger charge is -2.17. The van der Waals surface area contributed by atoms with Crippen LogP contribution in [-0.2, 0) is 0 Å². The predicted octanol–water partition coefficient (Wildman–Crippen LogP) is 1.80. The zero-order chi connectivity index (χ0) is 16.2. The maximum atomic E-state index is 12.4. The number of aromatic hydroxyl groups is 1. The van der Waals surface area contributed by atoms with Crippen molar-refractivity contribution in [2.75, 3.05) is 6.61 Å². The van der Waals surface area contributed by atoms with Gasteiger partial charge >= 0.3 is 0 Å². The molecule has 3 aromatic rings. The Morgan fingerprint density at radius 1 is 1.13 bits per heavy atom. The summed E-state index contributed by atoms with van der Waals surface area (Å²) in [5.74, 6) is -0.844. The van der Waals surface area contributed by atoms with Gasteiger partial charge < -0.3 is 15.5 Å². The van der Waals surface area contributed by atoms with Gasteiger partial charge in [-0.2, -0.15) is 0 Å². The van der Waals surface area contributed by atoms with Crippen molar-refractivity contribution in [1.82, 2.24) is 15.3 Å². The van der Waals surface area contributed by atoms with Crippen LogP contribution in [0.5, 0.6) is 5.75 Å². The Balaban J connectivity index is 1.90. The first-order chi connectivity index (χ1) is 11.2. The molecule has 0 bridgehead atoms. The lowest BCUT2D eigenvalue weighted by atomic mass is 10.1. The molecule has 3 N–H and O–H groups in total. The highest BCUT2D eigenvalue weighted by molar-refractivity contribution is 6.00. The maximum absolute atomic E-state index is 12.4. The van der Waals surface area contributed by atoms with Crippen LogP contribution >= 0.6 is 0 Å². The second-order valence-electron chi connectivity index (χ2n) is 5.02. The molecule has 3 rings (SSSR count). The largest absolute Gasteiger partial charge is 0.504 e. The number of aliphatic hydroxyl groups is 1. The molecular weight excluding hydrogens is 294 g/mol. The summed E-state index contributed by atoms with van der Waals surface area (Å²) >= 11 is 0. The number of hydrogen-bond acceptors (Lipinski definition) is 5. The van der Waals surface area contributed by atoms with Crippen LogP contribution in [-0.4, -0.2) is 32.7 Å². The Hall–Kier alpha value is -2.99. The monoisotopic (exact) mass is 309 g/mol. The van der Waals surface area contributed by atoms with E-state index in [1.807, 2.05) is 18.2 Å². The van der Waals surface area contributed by atoms with E-state index in [4.69, 9.17) is 0 Å². The molecule has 2 aromatic heterocycles. The van der Waals surface area contributed by atoms with Crippen LogP contribution in [0.15, 0.2) is 54.9 Å². The number of amides is 1. The molecule has 0 saturated carbocycles. The Labute approximate surface area is 132 Å². The Kier molecular flexibility index (Phi) is 4.16. The normalized spacial score (nSPS) is 12.0. The van der Waals surface area contributed by atoms with Gasteiger partial charge in [-0.15, -0.1) is 0 Å².